The van der Waals surface area contributed by atoms with Crippen LogP contribution < -0.4 is 19.3 Å². The zero-order valence-electron chi connectivity index (χ0n) is 28.1. The number of benzene rings is 3. The van der Waals surface area contributed by atoms with Crippen molar-refractivity contribution in [2.75, 3.05) is 24.0 Å². The summed E-state index contributed by atoms with van der Waals surface area (Å²) in [6, 6.07) is 7.41. The molecule has 0 aromatic heterocycles. The van der Waals surface area contributed by atoms with Crippen LogP contribution in [0.1, 0.15) is 18.4 Å². The van der Waals surface area contributed by atoms with Gasteiger partial charge in [-0.25, -0.2) is 31.8 Å². The molecule has 1 N–H and O–H groups in total. The number of halogens is 7. The maximum atomic E-state index is 15.3. The number of nitro benzene ring substituents is 1. The normalized spacial score (nSPS) is 27.3. The van der Waals surface area contributed by atoms with Gasteiger partial charge in [0.15, 0.2) is 44.5 Å². The maximum Gasteiger partial charge on any atom is 0.271 e. The predicted octanol–water partition coefficient (Wildman–Crippen LogP) is 6.33. The maximum absolute atomic E-state index is 15.3. The number of alkyl halides is 2. The van der Waals surface area contributed by atoms with Crippen molar-refractivity contribution in [2.24, 2.45) is 23.7 Å². The van der Waals surface area contributed by atoms with Gasteiger partial charge in [-0.05, 0) is 42.5 Å². The molecule has 19 heteroatoms. The summed E-state index contributed by atoms with van der Waals surface area (Å²) in [5.74, 6) is -23.2. The molecule has 3 aromatic carbocycles. The van der Waals surface area contributed by atoms with Gasteiger partial charge in [0.2, 0.25) is 23.4 Å². The monoisotopic (exact) mass is 807 g/mol. The molecule has 2 aliphatic carbocycles. The van der Waals surface area contributed by atoms with E-state index < -0.39 is 109 Å². The van der Waals surface area contributed by atoms with Crippen LogP contribution in [-0.4, -0.2) is 57.6 Å². The highest BCUT2D eigenvalue weighted by molar-refractivity contribution is 6.58. The first-order chi connectivity index (χ1) is 25.9. The molecule has 0 radical (unpaired) electrons. The summed E-state index contributed by atoms with van der Waals surface area (Å²) < 4.78 is 83.9. The van der Waals surface area contributed by atoms with Gasteiger partial charge in [-0.3, -0.25) is 29.3 Å². The first kappa shape index (κ1) is 37.8. The molecule has 4 amide bonds. The minimum absolute atomic E-state index is 0.0616. The van der Waals surface area contributed by atoms with Crippen LogP contribution >= 0.6 is 23.2 Å². The Hall–Kier alpha value is -5.55. The number of imide groups is 2. The van der Waals surface area contributed by atoms with E-state index in [1.807, 2.05) is 0 Å². The average molecular weight is 808 g/mol. The number of hydrogen-bond acceptors (Lipinski definition) is 9. The van der Waals surface area contributed by atoms with Crippen molar-refractivity contribution in [2.45, 2.75) is 22.6 Å². The van der Waals surface area contributed by atoms with Crippen molar-refractivity contribution >= 4 is 70.0 Å². The predicted molar refractivity (Wildman–Crippen MR) is 183 cm³/mol. The highest BCUT2D eigenvalue weighted by Gasteiger charge is 2.76. The van der Waals surface area contributed by atoms with Crippen molar-refractivity contribution < 1.29 is 60.6 Å². The zero-order chi connectivity index (χ0) is 40.0. The van der Waals surface area contributed by atoms with E-state index in [2.05, 4.69) is 0 Å². The second-order valence-corrected chi connectivity index (χ2v) is 14.4. The van der Waals surface area contributed by atoms with Gasteiger partial charge < -0.3 is 14.6 Å². The number of amides is 4. The third kappa shape index (κ3) is 5.15. The molecule has 4 aliphatic rings. The Morgan fingerprint density at radius 3 is 2.05 bits per heavy atom. The van der Waals surface area contributed by atoms with Crippen LogP contribution in [0, 0.1) is 62.9 Å². The molecule has 6 unspecified atom stereocenters. The summed E-state index contributed by atoms with van der Waals surface area (Å²) in [4.78, 5) is 62.5. The van der Waals surface area contributed by atoms with Gasteiger partial charge in [-0.2, -0.15) is 0 Å². The molecule has 3 fully saturated rings. The Morgan fingerprint density at radius 2 is 1.47 bits per heavy atom. The van der Waals surface area contributed by atoms with Gasteiger partial charge in [0.05, 0.1) is 36.7 Å². The molecule has 6 atom stereocenters. The van der Waals surface area contributed by atoms with Crippen LogP contribution in [-0.2, 0) is 19.2 Å². The van der Waals surface area contributed by atoms with Crippen LogP contribution in [0.15, 0.2) is 54.1 Å². The highest BCUT2D eigenvalue weighted by atomic mass is 35.5. The van der Waals surface area contributed by atoms with E-state index in [1.54, 1.807) is 0 Å². The Bertz CT molecular complexity index is 2290. The van der Waals surface area contributed by atoms with Gasteiger partial charge in [0, 0.05) is 18.1 Å². The van der Waals surface area contributed by atoms with E-state index in [0.717, 1.165) is 17.0 Å². The number of allylic oxidation sites excluding steroid dienone is 3. The number of fused-ring (bicyclic) bond motifs is 4. The molecular formula is C36H24Cl2F5N3O9. The van der Waals surface area contributed by atoms with Gasteiger partial charge in [-0.15, -0.1) is 23.2 Å². The fourth-order valence-electron chi connectivity index (χ4n) is 8.03. The summed E-state index contributed by atoms with van der Waals surface area (Å²) in [5, 5.41) is 21.9. The molecule has 12 nitrogen and oxygen atoms in total. The van der Waals surface area contributed by atoms with E-state index in [0.29, 0.717) is 0 Å². The van der Waals surface area contributed by atoms with E-state index >= 15 is 8.78 Å². The number of ether oxygens (including phenoxy) is 2. The van der Waals surface area contributed by atoms with Crippen LogP contribution in [0.2, 0.25) is 0 Å². The number of phenols is 1. The number of carbonyl (C=O) groups is 4. The number of methoxy groups -OCH3 is 2. The number of nitro groups is 1. The first-order valence-corrected chi connectivity index (χ1v) is 16.9. The zero-order valence-corrected chi connectivity index (χ0v) is 29.6. The number of hydrogen-bond donors (Lipinski definition) is 1. The second-order valence-electron chi connectivity index (χ2n) is 13.2. The van der Waals surface area contributed by atoms with Crippen molar-refractivity contribution in [3.8, 4) is 17.2 Å². The largest absolute Gasteiger partial charge is 0.502 e. The van der Waals surface area contributed by atoms with E-state index in [1.165, 1.54) is 56.7 Å². The van der Waals surface area contributed by atoms with Crippen LogP contribution in [0.25, 0.3) is 6.08 Å². The number of phenolic OH excluding ortho intramolecular Hbond substituents is 1. The summed E-state index contributed by atoms with van der Waals surface area (Å²) in [6.45, 7) is 0. The summed E-state index contributed by atoms with van der Waals surface area (Å²) in [7, 11) is 2.50. The average Bonchev–Trinajstić information content (AvgIpc) is 3.51. The molecule has 286 valence electrons. The number of nitrogens with zero attached hydrogens (tertiary/aromatic N) is 3. The molecular weight excluding hydrogens is 784 g/mol. The topological polar surface area (TPSA) is 157 Å². The van der Waals surface area contributed by atoms with Crippen LogP contribution in [0.3, 0.4) is 0 Å². The molecule has 0 bridgehead atoms. The van der Waals surface area contributed by atoms with Crippen LogP contribution in [0.5, 0.6) is 17.2 Å². The number of rotatable bonds is 7. The summed E-state index contributed by atoms with van der Waals surface area (Å²) in [5.41, 5.74) is -2.06. The quantitative estimate of drug-likeness (QED) is 0.0422. The van der Waals surface area contributed by atoms with Gasteiger partial charge in [-0.1, -0.05) is 29.9 Å². The van der Waals surface area contributed by atoms with Crippen molar-refractivity contribution in [1.82, 2.24) is 0 Å². The smallest absolute Gasteiger partial charge is 0.271 e. The molecule has 55 heavy (non-hydrogen) atoms. The summed E-state index contributed by atoms with van der Waals surface area (Å²) >= 11 is 14.2. The number of anilines is 2. The summed E-state index contributed by atoms with van der Waals surface area (Å²) in [6.07, 6.45) is 3.20. The lowest BCUT2D eigenvalue weighted by Gasteiger charge is -2.49. The molecule has 2 aliphatic heterocycles. The second kappa shape index (κ2) is 13.0. The van der Waals surface area contributed by atoms with Crippen molar-refractivity contribution in [3.05, 3.63) is 98.9 Å². The molecule has 3 aromatic rings. The number of non-ortho nitro benzene ring substituents is 1. The Morgan fingerprint density at radius 1 is 0.873 bits per heavy atom. The SMILES string of the molecule is COc1cc(C=CC2C3=CCC4C(=O)N(c5cccc([N+](=O)[O-])c5)C(=O)C4C3CC3(Cl)C(=O)N(c4c(F)c(F)c(F)c(F)c4F)C(=O)C23Cl)cc(OC)c1O. The third-order valence-corrected chi connectivity index (χ3v) is 12.0. The fraction of sp³-hybridized carbons (Fsp3) is 0.278. The Kier molecular flexibility index (Phi) is 8.95. The third-order valence-electron chi connectivity index (χ3n) is 10.6. The fourth-order valence-corrected chi connectivity index (χ4v) is 8.92. The van der Waals surface area contributed by atoms with Gasteiger partial charge in [0.1, 0.15) is 5.69 Å². The minimum atomic E-state index is -2.76. The lowest BCUT2D eigenvalue weighted by atomic mass is 9.57. The lowest BCUT2D eigenvalue weighted by Crippen LogP contribution is -2.60. The van der Waals surface area contributed by atoms with E-state index in [4.69, 9.17) is 32.7 Å². The lowest BCUT2D eigenvalue weighted by molar-refractivity contribution is -0.384. The van der Waals surface area contributed by atoms with E-state index in [9.17, 15) is 47.6 Å². The Labute approximate surface area is 316 Å². The van der Waals surface area contributed by atoms with Gasteiger partial charge >= 0.3 is 0 Å². The standard InChI is InChI=1S/C36H24Cl2F5N3O9/c1-54-21-10-14(11-22(55-2)30(21)47)6-9-20-17-7-8-18-23(32(49)44(31(18)48)15-4-3-5-16(12-15)46(52)53)19(17)13-35(37)33(50)45(34(51)36(20,35)38)29-27(42)25(40)24(39)26(41)28(29)43/h3-7,9-12,18-20,23,47H,8,13H2,1-2H3. The van der Waals surface area contributed by atoms with Crippen molar-refractivity contribution in [1.29, 1.82) is 0 Å². The van der Waals surface area contributed by atoms with Gasteiger partial charge in [0.25, 0.3) is 17.5 Å². The number of carbonyl (C=O) groups excluding carboxylic acids is 4. The van der Waals surface area contributed by atoms with Crippen LogP contribution in [0.4, 0.5) is 39.0 Å². The molecule has 2 saturated heterocycles. The molecule has 2 heterocycles. The first-order valence-electron chi connectivity index (χ1n) is 16.2. The van der Waals surface area contributed by atoms with Crippen molar-refractivity contribution in [3.63, 3.8) is 0 Å². The Balaban J connectivity index is 1.40. The minimum Gasteiger partial charge on any atom is -0.502 e. The molecule has 7 rings (SSSR count). The van der Waals surface area contributed by atoms with E-state index in [-0.39, 0.29) is 45.4 Å². The molecule has 0 spiro atoms. The number of aromatic hydroxyl groups is 1. The highest BCUT2D eigenvalue weighted by Crippen LogP contribution is 2.64. The molecule has 1 saturated carbocycles.